The largest absolute Gasteiger partial charge is 0.507 e. The minimum absolute atomic E-state index is 0.103. The Morgan fingerprint density at radius 3 is 2.30 bits per heavy atom. The van der Waals surface area contributed by atoms with Gasteiger partial charge in [-0.3, -0.25) is 14.4 Å². The number of carboxylic acids is 2. The lowest BCUT2D eigenvalue weighted by molar-refractivity contribution is -0.139. The number of phenols is 1. The van der Waals surface area contributed by atoms with Crippen LogP contribution >= 0.6 is 34.9 Å². The molecular formula is C26H26N4O9S4. The molecule has 17 heteroatoms. The summed E-state index contributed by atoms with van der Waals surface area (Å²) < 4.78 is 28.9. The first-order valence-electron chi connectivity index (χ1n) is 12.7. The van der Waals surface area contributed by atoms with Crippen LogP contribution in [0.5, 0.6) is 5.75 Å². The Bertz CT molecular complexity index is 1620. The van der Waals surface area contributed by atoms with Crippen molar-refractivity contribution in [1.82, 2.24) is 20.2 Å². The summed E-state index contributed by atoms with van der Waals surface area (Å²) in [7, 11) is -4.13. The van der Waals surface area contributed by atoms with Crippen molar-refractivity contribution in [2.45, 2.75) is 45.4 Å². The van der Waals surface area contributed by atoms with Crippen LogP contribution in [0.3, 0.4) is 0 Å². The van der Waals surface area contributed by atoms with E-state index in [1.807, 2.05) is 0 Å². The predicted octanol–water partition coefficient (Wildman–Crippen LogP) is 2.86. The number of hydrogen-bond donors (Lipinski definition) is 5. The third-order valence-corrected chi connectivity index (χ3v) is 11.0. The molecule has 0 spiro atoms. The fraction of sp³-hybridized carbons (Fsp3) is 0.308. The first kappa shape index (κ1) is 32.4. The molecule has 0 saturated heterocycles. The van der Waals surface area contributed by atoms with Gasteiger partial charge in [0.15, 0.2) is 14.5 Å². The van der Waals surface area contributed by atoms with Crippen LogP contribution < -0.4 is 10.0 Å². The Kier molecular flexibility index (Phi) is 10.8. The first-order chi connectivity index (χ1) is 20.4. The first-order valence-corrected chi connectivity index (χ1v) is 17.0. The van der Waals surface area contributed by atoms with Gasteiger partial charge >= 0.3 is 11.9 Å². The Morgan fingerprint density at radius 2 is 1.67 bits per heavy atom. The highest BCUT2D eigenvalue weighted by Crippen LogP contribution is 2.37. The highest BCUT2D eigenvalue weighted by molar-refractivity contribution is 8.03. The summed E-state index contributed by atoms with van der Waals surface area (Å²) in [5.41, 5.74) is 0.0104. The molecule has 1 heterocycles. The number of carbonyl (C=O) groups excluding carboxylic acids is 2. The molecule has 228 valence electrons. The second kappa shape index (κ2) is 14.3. The number of aliphatic carboxylic acids is 1. The molecule has 0 aliphatic heterocycles. The van der Waals surface area contributed by atoms with Crippen LogP contribution in [0, 0.1) is 5.92 Å². The second-order valence-corrected chi connectivity index (χ2v) is 14.7. The van der Waals surface area contributed by atoms with E-state index in [-0.39, 0.29) is 22.8 Å². The zero-order valence-electron chi connectivity index (χ0n) is 22.3. The molecule has 2 aromatic carbocycles. The van der Waals surface area contributed by atoms with Crippen molar-refractivity contribution in [2.24, 2.45) is 5.92 Å². The summed E-state index contributed by atoms with van der Waals surface area (Å²) in [6.45, 7) is -0.197. The van der Waals surface area contributed by atoms with Gasteiger partial charge in [-0.15, -0.1) is 10.2 Å². The minimum atomic E-state index is -4.13. The molecule has 0 bridgehead atoms. The van der Waals surface area contributed by atoms with E-state index in [1.165, 1.54) is 48.4 Å². The Balaban J connectivity index is 1.32. The van der Waals surface area contributed by atoms with Gasteiger partial charge in [0.25, 0.3) is 5.91 Å². The minimum Gasteiger partial charge on any atom is -0.507 e. The summed E-state index contributed by atoms with van der Waals surface area (Å²) in [5, 5.41) is 38.6. The van der Waals surface area contributed by atoms with Gasteiger partial charge in [-0.1, -0.05) is 47.0 Å². The van der Waals surface area contributed by atoms with Gasteiger partial charge in [0.05, 0.1) is 23.1 Å². The van der Waals surface area contributed by atoms with E-state index in [1.54, 1.807) is 11.8 Å². The molecule has 0 radical (unpaired) electrons. The smallest absolute Gasteiger partial charge is 0.339 e. The summed E-state index contributed by atoms with van der Waals surface area (Å²) in [6.07, 6.45) is 1.85. The number of sulfonamides is 1. The number of Topliss-reactive ketones (excluding diaryl/α,β-unsaturated/α-hetero) is 1. The standard InChI is InChI=1S/C26H26N4O9S4/c31-20-8-7-17(9-18(20)24(36)37)43(38,39)27-11-14-3-5-16(6-4-14)23(35)28-19(10-22(33)34)21(32)13-41-26-30-29-25(42-26)40-12-15-1-2-15/h3-9,15,19,27,31H,1-2,10-13H2,(H,28,35)(H,33,34)(H,36,37). The van der Waals surface area contributed by atoms with Gasteiger partial charge < -0.3 is 20.6 Å². The van der Waals surface area contributed by atoms with Gasteiger partial charge in [0.2, 0.25) is 10.0 Å². The lowest BCUT2D eigenvalue weighted by Gasteiger charge is -2.16. The van der Waals surface area contributed by atoms with Crippen molar-refractivity contribution in [3.63, 3.8) is 0 Å². The molecule has 1 saturated carbocycles. The number of benzene rings is 2. The number of nitrogens with zero attached hydrogens (tertiary/aromatic N) is 2. The highest BCUT2D eigenvalue weighted by atomic mass is 32.2. The van der Waals surface area contributed by atoms with Crippen molar-refractivity contribution in [1.29, 1.82) is 0 Å². The van der Waals surface area contributed by atoms with Crippen molar-refractivity contribution in [3.05, 3.63) is 59.2 Å². The molecule has 1 fully saturated rings. The van der Waals surface area contributed by atoms with Gasteiger partial charge in [0.1, 0.15) is 11.3 Å². The number of aromatic hydroxyl groups is 1. The SMILES string of the molecule is O=C(O)CC(NC(=O)c1ccc(CNS(=O)(=O)c2ccc(O)c(C(=O)O)c2)cc1)C(=O)CSc1nnc(SCC2CC2)s1. The number of ketones is 1. The Morgan fingerprint density at radius 1 is 1.00 bits per heavy atom. The van der Waals surface area contributed by atoms with Crippen molar-refractivity contribution in [2.75, 3.05) is 11.5 Å². The Labute approximate surface area is 258 Å². The predicted molar refractivity (Wildman–Crippen MR) is 158 cm³/mol. The van der Waals surface area contributed by atoms with E-state index in [4.69, 9.17) is 5.11 Å². The monoisotopic (exact) mass is 666 g/mol. The van der Waals surface area contributed by atoms with Crippen molar-refractivity contribution in [3.8, 4) is 5.75 Å². The molecule has 4 rings (SSSR count). The third kappa shape index (κ3) is 9.49. The molecule has 13 nitrogen and oxygen atoms in total. The van der Waals surface area contributed by atoms with Gasteiger partial charge in [0, 0.05) is 17.9 Å². The normalized spacial score (nSPS) is 13.8. The quantitative estimate of drug-likeness (QED) is 0.139. The summed E-state index contributed by atoms with van der Waals surface area (Å²) >= 11 is 4.11. The van der Waals surface area contributed by atoms with Gasteiger partial charge in [-0.2, -0.15) is 0 Å². The van der Waals surface area contributed by atoms with Gasteiger partial charge in [-0.25, -0.2) is 17.9 Å². The zero-order chi connectivity index (χ0) is 31.1. The van der Waals surface area contributed by atoms with Crippen LogP contribution in [0.4, 0.5) is 0 Å². The van der Waals surface area contributed by atoms with Crippen LogP contribution in [0.25, 0.3) is 0 Å². The molecule has 1 aliphatic carbocycles. The van der Waals surface area contributed by atoms with E-state index >= 15 is 0 Å². The molecule has 1 amide bonds. The number of aromatic nitrogens is 2. The maximum Gasteiger partial charge on any atom is 0.339 e. The van der Waals surface area contributed by atoms with E-state index in [0.717, 1.165) is 46.0 Å². The third-order valence-electron chi connectivity index (χ3n) is 6.13. The lowest BCUT2D eigenvalue weighted by Crippen LogP contribution is -2.43. The number of carboxylic acid groups (broad SMARTS) is 2. The molecule has 1 aromatic heterocycles. The van der Waals surface area contributed by atoms with Crippen LogP contribution in [0.15, 0.2) is 56.0 Å². The average molecular weight is 667 g/mol. The molecule has 43 heavy (non-hydrogen) atoms. The summed E-state index contributed by atoms with van der Waals surface area (Å²) in [5.74, 6) is -2.89. The van der Waals surface area contributed by atoms with Gasteiger partial charge in [-0.05, 0) is 54.7 Å². The number of nitrogens with one attached hydrogen (secondary N) is 2. The molecule has 1 atom stereocenters. The molecule has 5 N–H and O–H groups in total. The topological polar surface area (TPSA) is 213 Å². The fourth-order valence-corrected chi connectivity index (χ4v) is 7.79. The number of hydrogen-bond acceptors (Lipinski definition) is 12. The Hall–Kier alpha value is -3.51. The maximum atomic E-state index is 12.8. The zero-order valence-corrected chi connectivity index (χ0v) is 25.5. The van der Waals surface area contributed by atoms with Crippen LogP contribution in [0.2, 0.25) is 0 Å². The number of carbonyl (C=O) groups is 4. The number of aromatic carboxylic acids is 1. The van der Waals surface area contributed by atoms with E-state index in [2.05, 4.69) is 20.2 Å². The van der Waals surface area contributed by atoms with Crippen LogP contribution in [0.1, 0.15) is 45.5 Å². The molecular weight excluding hydrogens is 641 g/mol. The molecule has 1 unspecified atom stereocenters. The van der Waals surface area contributed by atoms with Crippen LogP contribution in [-0.2, 0) is 26.2 Å². The van der Waals surface area contributed by atoms with Crippen molar-refractivity contribution >= 4 is 68.5 Å². The average Bonchev–Trinajstić information content (AvgIpc) is 3.69. The van der Waals surface area contributed by atoms with E-state index in [9.17, 15) is 37.8 Å². The van der Waals surface area contributed by atoms with E-state index < -0.39 is 57.4 Å². The molecule has 3 aromatic rings. The lowest BCUT2D eigenvalue weighted by atomic mass is 10.1. The summed E-state index contributed by atoms with van der Waals surface area (Å²) in [6, 6.07) is 7.30. The summed E-state index contributed by atoms with van der Waals surface area (Å²) in [4.78, 5) is 47.8. The maximum absolute atomic E-state index is 12.8. The fourth-order valence-electron chi connectivity index (χ4n) is 3.57. The number of amides is 1. The highest BCUT2D eigenvalue weighted by Gasteiger charge is 2.26. The van der Waals surface area contributed by atoms with Crippen LogP contribution in [-0.4, -0.2) is 75.1 Å². The second-order valence-electron chi connectivity index (χ2n) is 9.47. The van der Waals surface area contributed by atoms with E-state index in [0.29, 0.717) is 9.90 Å². The number of thioether (sulfide) groups is 2. The molecule has 1 aliphatic rings. The number of rotatable bonds is 16. The van der Waals surface area contributed by atoms with Crippen molar-refractivity contribution < 1.29 is 42.9 Å².